The molecule has 3 heteroatoms. The molecule has 0 bridgehead atoms. The molecule has 0 aromatic heterocycles. The molecule has 0 amide bonds. The van der Waals surface area contributed by atoms with Gasteiger partial charge in [-0.05, 0) is 60.6 Å². The number of rotatable bonds is 5. The van der Waals surface area contributed by atoms with E-state index >= 15 is 0 Å². The lowest BCUT2D eigenvalue weighted by Gasteiger charge is -2.16. The Kier molecular flexibility index (Phi) is 5.79. The van der Waals surface area contributed by atoms with Gasteiger partial charge in [0.15, 0.2) is 0 Å². The van der Waals surface area contributed by atoms with Crippen LogP contribution >= 0.6 is 31.9 Å². The number of hydrogen-bond acceptors (Lipinski definition) is 0. The van der Waals surface area contributed by atoms with Gasteiger partial charge in [0.2, 0.25) is 0 Å². The van der Waals surface area contributed by atoms with Crippen molar-refractivity contribution < 1.29 is 4.39 Å². The van der Waals surface area contributed by atoms with Crippen molar-refractivity contribution in [1.29, 1.82) is 0 Å². The van der Waals surface area contributed by atoms with Crippen LogP contribution < -0.4 is 0 Å². The molecular weight excluding hydrogens is 383 g/mol. The predicted molar refractivity (Wildman–Crippen MR) is 90.0 cm³/mol. The second-order valence-corrected chi connectivity index (χ2v) is 6.65. The monoisotopic (exact) mass is 398 g/mol. The molecule has 0 aliphatic carbocycles. The Morgan fingerprint density at radius 1 is 1.05 bits per heavy atom. The molecule has 1 unspecified atom stereocenters. The van der Waals surface area contributed by atoms with Gasteiger partial charge in [-0.2, -0.15) is 0 Å². The van der Waals surface area contributed by atoms with Crippen LogP contribution in [-0.4, -0.2) is 5.33 Å². The molecule has 0 saturated carbocycles. The minimum atomic E-state index is -0.121. The third-order valence-corrected chi connectivity index (χ3v) is 4.91. The van der Waals surface area contributed by atoms with E-state index in [-0.39, 0.29) is 5.82 Å². The minimum absolute atomic E-state index is 0.121. The Balaban J connectivity index is 2.13. The van der Waals surface area contributed by atoms with Crippen LogP contribution in [0.5, 0.6) is 0 Å². The fourth-order valence-corrected chi connectivity index (χ4v) is 3.21. The fraction of sp³-hybridized carbons (Fsp3) is 0.294. The number of hydrogen-bond donors (Lipinski definition) is 0. The average molecular weight is 400 g/mol. The zero-order valence-electron chi connectivity index (χ0n) is 11.4. The van der Waals surface area contributed by atoms with E-state index in [4.69, 9.17) is 0 Å². The normalized spacial score (nSPS) is 12.4. The molecule has 0 aliphatic heterocycles. The topological polar surface area (TPSA) is 0 Å². The van der Waals surface area contributed by atoms with Crippen molar-refractivity contribution in [2.45, 2.75) is 19.8 Å². The molecule has 0 fully saturated rings. The molecule has 0 saturated heterocycles. The molecule has 2 rings (SSSR count). The molecule has 0 spiro atoms. The van der Waals surface area contributed by atoms with Crippen molar-refractivity contribution in [3.63, 3.8) is 0 Å². The van der Waals surface area contributed by atoms with Gasteiger partial charge in [-0.3, -0.25) is 0 Å². The highest BCUT2D eigenvalue weighted by Gasteiger charge is 2.13. The van der Waals surface area contributed by atoms with Gasteiger partial charge < -0.3 is 0 Å². The van der Waals surface area contributed by atoms with E-state index in [1.165, 1.54) is 17.2 Å². The summed E-state index contributed by atoms with van der Waals surface area (Å²) in [5.74, 6) is 0.267. The van der Waals surface area contributed by atoms with Gasteiger partial charge in [-0.15, -0.1) is 0 Å². The van der Waals surface area contributed by atoms with Crippen molar-refractivity contribution in [2.24, 2.45) is 5.92 Å². The Morgan fingerprint density at radius 2 is 1.75 bits per heavy atom. The average Bonchev–Trinajstić information content (AvgIpc) is 2.44. The van der Waals surface area contributed by atoms with Gasteiger partial charge in [0.25, 0.3) is 0 Å². The Bertz CT molecular complexity index is 581. The molecular formula is C17H17Br2F. The molecule has 20 heavy (non-hydrogen) atoms. The van der Waals surface area contributed by atoms with E-state index in [1.54, 1.807) is 6.07 Å². The van der Waals surface area contributed by atoms with Gasteiger partial charge in [-0.1, -0.05) is 56.1 Å². The smallest absolute Gasteiger partial charge is 0.126 e. The lowest BCUT2D eigenvalue weighted by Crippen LogP contribution is -2.11. The standard InChI is InChI=1S/C17H17Br2F/c1-12-4-2-3-5-14(12)8-13(11-18)9-15-10-16(19)6-7-17(15)20/h2-7,10,13H,8-9,11H2,1H3. The van der Waals surface area contributed by atoms with E-state index in [2.05, 4.69) is 63.0 Å². The summed E-state index contributed by atoms with van der Waals surface area (Å²) in [7, 11) is 0. The molecule has 2 aromatic rings. The molecule has 0 radical (unpaired) electrons. The lowest BCUT2D eigenvalue weighted by molar-refractivity contribution is 0.549. The first-order valence-electron chi connectivity index (χ1n) is 6.64. The summed E-state index contributed by atoms with van der Waals surface area (Å²) < 4.78 is 14.8. The molecule has 106 valence electrons. The van der Waals surface area contributed by atoms with Crippen LogP contribution in [0, 0.1) is 18.7 Å². The van der Waals surface area contributed by atoms with Crippen molar-refractivity contribution in [2.75, 3.05) is 5.33 Å². The van der Waals surface area contributed by atoms with Crippen molar-refractivity contribution in [3.05, 3.63) is 69.4 Å². The summed E-state index contributed by atoms with van der Waals surface area (Å²) in [5.41, 5.74) is 3.41. The van der Waals surface area contributed by atoms with E-state index < -0.39 is 0 Å². The Morgan fingerprint density at radius 3 is 2.45 bits per heavy atom. The number of halogens is 3. The fourth-order valence-electron chi connectivity index (χ4n) is 2.34. The molecule has 0 nitrogen and oxygen atoms in total. The molecule has 0 aliphatic rings. The SMILES string of the molecule is Cc1ccccc1CC(CBr)Cc1cc(Br)ccc1F. The largest absolute Gasteiger partial charge is 0.207 e. The Labute approximate surface area is 136 Å². The zero-order valence-corrected chi connectivity index (χ0v) is 14.5. The maximum absolute atomic E-state index is 13.8. The summed E-state index contributed by atoms with van der Waals surface area (Å²) in [6.07, 6.45) is 1.70. The van der Waals surface area contributed by atoms with Crippen molar-refractivity contribution in [3.8, 4) is 0 Å². The third-order valence-electron chi connectivity index (χ3n) is 3.50. The summed E-state index contributed by atoms with van der Waals surface area (Å²) in [6.45, 7) is 2.13. The first kappa shape index (κ1) is 15.7. The highest BCUT2D eigenvalue weighted by Crippen LogP contribution is 2.23. The molecule has 0 heterocycles. The van der Waals surface area contributed by atoms with Gasteiger partial charge in [0, 0.05) is 9.80 Å². The van der Waals surface area contributed by atoms with Gasteiger partial charge in [-0.25, -0.2) is 4.39 Å². The van der Waals surface area contributed by atoms with Crippen LogP contribution in [0.4, 0.5) is 4.39 Å². The van der Waals surface area contributed by atoms with E-state index in [0.29, 0.717) is 5.92 Å². The lowest BCUT2D eigenvalue weighted by atomic mass is 9.92. The molecule has 1 atom stereocenters. The van der Waals surface area contributed by atoms with Gasteiger partial charge >= 0.3 is 0 Å². The van der Waals surface area contributed by atoms with Crippen LogP contribution in [0.1, 0.15) is 16.7 Å². The van der Waals surface area contributed by atoms with Crippen LogP contribution in [0.2, 0.25) is 0 Å². The summed E-state index contributed by atoms with van der Waals surface area (Å²) >= 11 is 6.97. The maximum atomic E-state index is 13.8. The summed E-state index contributed by atoms with van der Waals surface area (Å²) in [6, 6.07) is 13.5. The second-order valence-electron chi connectivity index (χ2n) is 5.09. The number of aryl methyl sites for hydroxylation is 1. The van der Waals surface area contributed by atoms with Crippen molar-refractivity contribution in [1.82, 2.24) is 0 Å². The summed E-state index contributed by atoms with van der Waals surface area (Å²) in [4.78, 5) is 0. The number of benzene rings is 2. The van der Waals surface area contributed by atoms with Crippen LogP contribution in [0.3, 0.4) is 0 Å². The maximum Gasteiger partial charge on any atom is 0.126 e. The van der Waals surface area contributed by atoms with E-state index in [9.17, 15) is 4.39 Å². The van der Waals surface area contributed by atoms with E-state index in [1.807, 2.05) is 6.07 Å². The van der Waals surface area contributed by atoms with E-state index in [0.717, 1.165) is 28.2 Å². The first-order chi connectivity index (χ1) is 9.60. The zero-order chi connectivity index (χ0) is 14.5. The molecule has 0 N–H and O–H groups in total. The first-order valence-corrected chi connectivity index (χ1v) is 8.56. The quantitative estimate of drug-likeness (QED) is 0.566. The predicted octanol–water partition coefficient (Wildman–Crippen LogP) is 5.69. The molecule has 2 aromatic carbocycles. The summed E-state index contributed by atoms with van der Waals surface area (Å²) in [5, 5.41) is 0.868. The third kappa shape index (κ3) is 4.16. The van der Waals surface area contributed by atoms with Crippen LogP contribution in [0.25, 0.3) is 0 Å². The van der Waals surface area contributed by atoms with Crippen LogP contribution in [0.15, 0.2) is 46.9 Å². The highest BCUT2D eigenvalue weighted by atomic mass is 79.9. The second kappa shape index (κ2) is 7.37. The van der Waals surface area contributed by atoms with Gasteiger partial charge in [0.1, 0.15) is 5.82 Å². The Hall–Kier alpha value is -0.670. The highest BCUT2D eigenvalue weighted by molar-refractivity contribution is 9.10. The van der Waals surface area contributed by atoms with Crippen LogP contribution in [-0.2, 0) is 12.8 Å². The number of alkyl halides is 1. The minimum Gasteiger partial charge on any atom is -0.207 e. The van der Waals surface area contributed by atoms with Gasteiger partial charge in [0.05, 0.1) is 0 Å². The van der Waals surface area contributed by atoms with Crippen molar-refractivity contribution >= 4 is 31.9 Å².